The average molecular weight is 266 g/mol. The normalized spacial score (nSPS) is 10.1. The fourth-order valence-electron chi connectivity index (χ4n) is 1.94. The van der Waals surface area contributed by atoms with Crippen LogP contribution in [0.3, 0.4) is 0 Å². The molecule has 1 aromatic carbocycles. The first-order valence-electron chi connectivity index (χ1n) is 6.49. The average Bonchev–Trinajstić information content (AvgIpc) is 2.46. The van der Waals surface area contributed by atoms with Gasteiger partial charge in [-0.15, -0.1) is 0 Å². The summed E-state index contributed by atoms with van der Waals surface area (Å²) in [6.07, 6.45) is 4.28. The number of carbonyl (C=O) groups is 1. The van der Waals surface area contributed by atoms with Gasteiger partial charge < -0.3 is 14.2 Å². The summed E-state index contributed by atoms with van der Waals surface area (Å²) in [6.45, 7) is 0. The Hall–Kier alpha value is -1.71. The molecule has 106 valence electrons. The quantitative estimate of drug-likeness (QED) is 0.536. The van der Waals surface area contributed by atoms with Gasteiger partial charge in [0.05, 0.1) is 21.3 Å². The third kappa shape index (κ3) is 5.20. The second kappa shape index (κ2) is 8.40. The second-order valence-corrected chi connectivity index (χ2v) is 4.31. The number of hydrogen-bond donors (Lipinski definition) is 0. The zero-order chi connectivity index (χ0) is 14.1. The first-order chi connectivity index (χ1) is 9.21. The van der Waals surface area contributed by atoms with E-state index in [0.29, 0.717) is 6.42 Å². The van der Waals surface area contributed by atoms with Crippen molar-refractivity contribution in [2.75, 3.05) is 21.3 Å². The maximum atomic E-state index is 11.0. The van der Waals surface area contributed by atoms with E-state index < -0.39 is 0 Å². The van der Waals surface area contributed by atoms with Crippen molar-refractivity contribution in [2.45, 2.75) is 32.1 Å². The highest BCUT2D eigenvalue weighted by Gasteiger charge is 2.05. The van der Waals surface area contributed by atoms with Crippen LogP contribution in [0.25, 0.3) is 0 Å². The fourth-order valence-corrected chi connectivity index (χ4v) is 1.94. The Morgan fingerprint density at radius 1 is 1.05 bits per heavy atom. The van der Waals surface area contributed by atoms with Crippen LogP contribution in [0, 0.1) is 0 Å². The minimum absolute atomic E-state index is 0.140. The summed E-state index contributed by atoms with van der Waals surface area (Å²) in [5, 5.41) is 0. The molecular weight excluding hydrogens is 244 g/mol. The largest absolute Gasteiger partial charge is 0.497 e. The maximum absolute atomic E-state index is 11.0. The molecule has 0 aliphatic heterocycles. The summed E-state index contributed by atoms with van der Waals surface area (Å²) in [6, 6.07) is 5.81. The molecule has 0 atom stereocenters. The van der Waals surface area contributed by atoms with Crippen molar-refractivity contribution in [3.05, 3.63) is 23.8 Å². The molecule has 1 aromatic rings. The van der Waals surface area contributed by atoms with E-state index in [0.717, 1.165) is 42.7 Å². The minimum atomic E-state index is -0.140. The van der Waals surface area contributed by atoms with Gasteiger partial charge in [0.1, 0.15) is 11.5 Å². The van der Waals surface area contributed by atoms with Crippen LogP contribution in [0.2, 0.25) is 0 Å². The fraction of sp³-hybridized carbons (Fsp3) is 0.533. The van der Waals surface area contributed by atoms with Crippen LogP contribution in [0.5, 0.6) is 11.5 Å². The summed E-state index contributed by atoms with van der Waals surface area (Å²) >= 11 is 0. The second-order valence-electron chi connectivity index (χ2n) is 4.31. The van der Waals surface area contributed by atoms with Gasteiger partial charge in [-0.25, -0.2) is 0 Å². The minimum Gasteiger partial charge on any atom is -0.497 e. The number of esters is 1. The molecule has 1 rings (SSSR count). The first kappa shape index (κ1) is 15.3. The molecule has 0 unspecified atom stereocenters. The molecule has 0 bridgehead atoms. The molecule has 4 heteroatoms. The Morgan fingerprint density at radius 2 is 1.84 bits per heavy atom. The molecule has 0 N–H and O–H groups in total. The van der Waals surface area contributed by atoms with Crippen LogP contribution in [0.15, 0.2) is 18.2 Å². The number of hydrogen-bond acceptors (Lipinski definition) is 4. The van der Waals surface area contributed by atoms with E-state index in [9.17, 15) is 4.79 Å². The molecule has 0 radical (unpaired) electrons. The number of rotatable bonds is 8. The smallest absolute Gasteiger partial charge is 0.305 e. The molecule has 0 spiro atoms. The Bertz CT molecular complexity index is 401. The third-order valence-corrected chi connectivity index (χ3v) is 3.04. The van der Waals surface area contributed by atoms with Crippen LogP contribution in [0.1, 0.15) is 31.2 Å². The highest BCUT2D eigenvalue weighted by atomic mass is 16.5. The van der Waals surface area contributed by atoms with Gasteiger partial charge in [-0.1, -0.05) is 6.42 Å². The standard InChI is InChI=1S/C15H22O4/c1-17-13-9-10-14(18-2)12(11-13)7-5-4-6-8-15(16)19-3/h9-11H,4-8H2,1-3H3. The van der Waals surface area contributed by atoms with E-state index in [1.807, 2.05) is 18.2 Å². The van der Waals surface area contributed by atoms with Gasteiger partial charge >= 0.3 is 5.97 Å². The van der Waals surface area contributed by atoms with Crippen LogP contribution in [-0.2, 0) is 16.0 Å². The van der Waals surface area contributed by atoms with E-state index in [1.165, 1.54) is 7.11 Å². The molecule has 0 saturated carbocycles. The third-order valence-electron chi connectivity index (χ3n) is 3.04. The molecule has 0 saturated heterocycles. The molecule has 0 aromatic heterocycles. The molecule has 0 fully saturated rings. The number of methoxy groups -OCH3 is 3. The van der Waals surface area contributed by atoms with Crippen LogP contribution < -0.4 is 9.47 Å². The van der Waals surface area contributed by atoms with Crippen molar-refractivity contribution in [2.24, 2.45) is 0 Å². The van der Waals surface area contributed by atoms with Gasteiger partial charge in [-0.05, 0) is 43.0 Å². The summed E-state index contributed by atoms with van der Waals surface area (Å²) in [5.41, 5.74) is 1.14. The van der Waals surface area contributed by atoms with E-state index in [-0.39, 0.29) is 5.97 Å². The molecule has 0 amide bonds. The molecular formula is C15H22O4. The van der Waals surface area contributed by atoms with Gasteiger partial charge in [0.2, 0.25) is 0 Å². The van der Waals surface area contributed by atoms with Gasteiger partial charge in [0, 0.05) is 6.42 Å². The van der Waals surface area contributed by atoms with Crippen molar-refractivity contribution in [1.82, 2.24) is 0 Å². The van der Waals surface area contributed by atoms with Crippen molar-refractivity contribution in [3.8, 4) is 11.5 Å². The number of aryl methyl sites for hydroxylation is 1. The number of unbranched alkanes of at least 4 members (excludes halogenated alkanes) is 2. The Morgan fingerprint density at radius 3 is 2.47 bits per heavy atom. The van der Waals surface area contributed by atoms with Crippen LogP contribution in [-0.4, -0.2) is 27.3 Å². The predicted molar refractivity (Wildman–Crippen MR) is 73.7 cm³/mol. The predicted octanol–water partition coefficient (Wildman–Crippen LogP) is 2.98. The maximum Gasteiger partial charge on any atom is 0.305 e. The van der Waals surface area contributed by atoms with E-state index in [2.05, 4.69) is 4.74 Å². The topological polar surface area (TPSA) is 44.8 Å². The number of carbonyl (C=O) groups excluding carboxylic acids is 1. The number of ether oxygens (including phenoxy) is 3. The lowest BCUT2D eigenvalue weighted by atomic mass is 10.0. The van der Waals surface area contributed by atoms with Gasteiger partial charge in [-0.3, -0.25) is 4.79 Å². The lowest BCUT2D eigenvalue weighted by molar-refractivity contribution is -0.140. The van der Waals surface area contributed by atoms with Gasteiger partial charge in [-0.2, -0.15) is 0 Å². The van der Waals surface area contributed by atoms with Crippen LogP contribution in [0.4, 0.5) is 0 Å². The Kier molecular flexibility index (Phi) is 6.79. The zero-order valence-corrected chi connectivity index (χ0v) is 11.9. The summed E-state index contributed by atoms with van der Waals surface area (Å²) < 4.78 is 15.1. The van der Waals surface area contributed by atoms with E-state index in [1.54, 1.807) is 14.2 Å². The Balaban J connectivity index is 2.41. The van der Waals surface area contributed by atoms with Crippen molar-refractivity contribution >= 4 is 5.97 Å². The summed E-state index contributed by atoms with van der Waals surface area (Å²) in [7, 11) is 4.74. The Labute approximate surface area is 114 Å². The summed E-state index contributed by atoms with van der Waals surface area (Å²) in [5.74, 6) is 1.58. The summed E-state index contributed by atoms with van der Waals surface area (Å²) in [4.78, 5) is 11.0. The zero-order valence-electron chi connectivity index (χ0n) is 11.9. The highest BCUT2D eigenvalue weighted by Crippen LogP contribution is 2.25. The van der Waals surface area contributed by atoms with Crippen molar-refractivity contribution in [1.29, 1.82) is 0 Å². The SMILES string of the molecule is COC(=O)CCCCCc1cc(OC)ccc1OC. The molecule has 0 heterocycles. The molecule has 19 heavy (non-hydrogen) atoms. The lowest BCUT2D eigenvalue weighted by Gasteiger charge is -2.10. The number of benzene rings is 1. The monoisotopic (exact) mass is 266 g/mol. The van der Waals surface area contributed by atoms with Crippen molar-refractivity contribution < 1.29 is 19.0 Å². The van der Waals surface area contributed by atoms with E-state index >= 15 is 0 Å². The van der Waals surface area contributed by atoms with Crippen molar-refractivity contribution in [3.63, 3.8) is 0 Å². The van der Waals surface area contributed by atoms with Crippen LogP contribution >= 0.6 is 0 Å². The molecule has 4 nitrogen and oxygen atoms in total. The van der Waals surface area contributed by atoms with Gasteiger partial charge in [0.25, 0.3) is 0 Å². The first-order valence-corrected chi connectivity index (χ1v) is 6.49. The van der Waals surface area contributed by atoms with E-state index in [4.69, 9.17) is 9.47 Å². The van der Waals surface area contributed by atoms with Gasteiger partial charge in [0.15, 0.2) is 0 Å². The lowest BCUT2D eigenvalue weighted by Crippen LogP contribution is -1.99. The molecule has 0 aliphatic rings. The highest BCUT2D eigenvalue weighted by molar-refractivity contribution is 5.68. The molecule has 0 aliphatic carbocycles.